The Balaban J connectivity index is 2.80. The van der Waals surface area contributed by atoms with E-state index in [4.69, 9.17) is 5.11 Å². The van der Waals surface area contributed by atoms with Crippen LogP contribution in [-0.4, -0.2) is 29.1 Å². The quantitative estimate of drug-likeness (QED) is 0.861. The average molecular weight is 241 g/mol. The zero-order chi connectivity index (χ0) is 12.3. The summed E-state index contributed by atoms with van der Waals surface area (Å²) in [4.78, 5) is 15.5. The fourth-order valence-corrected chi connectivity index (χ4v) is 2.77. The van der Waals surface area contributed by atoms with Crippen LogP contribution in [0.1, 0.15) is 36.1 Å². The lowest BCUT2D eigenvalue weighted by Crippen LogP contribution is -2.39. The summed E-state index contributed by atoms with van der Waals surface area (Å²) < 4.78 is 0. The molecule has 0 aliphatic heterocycles. The highest BCUT2D eigenvalue weighted by molar-refractivity contribution is 7.12. The number of hydrogen-bond donors (Lipinski definition) is 1. The van der Waals surface area contributed by atoms with Crippen molar-refractivity contribution in [2.45, 2.75) is 39.3 Å². The zero-order valence-corrected chi connectivity index (χ0v) is 11.0. The predicted molar refractivity (Wildman–Crippen MR) is 66.9 cm³/mol. The maximum absolute atomic E-state index is 11.1. The fraction of sp³-hybridized carbons (Fsp3) is 0.583. The van der Waals surface area contributed by atoms with Crippen molar-refractivity contribution in [3.63, 3.8) is 0 Å². The van der Waals surface area contributed by atoms with Gasteiger partial charge in [0.2, 0.25) is 0 Å². The third kappa shape index (κ3) is 2.83. The first-order valence-electron chi connectivity index (χ1n) is 5.48. The van der Waals surface area contributed by atoms with Gasteiger partial charge < -0.3 is 5.11 Å². The summed E-state index contributed by atoms with van der Waals surface area (Å²) in [5, 5.41) is 9.11. The molecule has 3 nitrogen and oxygen atoms in total. The van der Waals surface area contributed by atoms with E-state index in [-0.39, 0.29) is 6.04 Å². The van der Waals surface area contributed by atoms with E-state index in [0.29, 0.717) is 6.42 Å². The minimum atomic E-state index is -0.745. The molecule has 2 unspecified atom stereocenters. The van der Waals surface area contributed by atoms with Crippen molar-refractivity contribution in [2.24, 2.45) is 0 Å². The molecule has 1 heterocycles. The van der Waals surface area contributed by atoms with E-state index >= 15 is 0 Å². The summed E-state index contributed by atoms with van der Waals surface area (Å²) in [5.74, 6) is -0.745. The smallest absolute Gasteiger partial charge is 0.320 e. The summed E-state index contributed by atoms with van der Waals surface area (Å²) in [6.07, 6.45) is 0.626. The molecule has 1 N–H and O–H groups in total. The molecule has 0 aliphatic rings. The van der Waals surface area contributed by atoms with E-state index in [9.17, 15) is 4.79 Å². The van der Waals surface area contributed by atoms with Crippen LogP contribution in [0.25, 0.3) is 0 Å². The molecule has 0 spiro atoms. The van der Waals surface area contributed by atoms with Gasteiger partial charge in [-0.1, -0.05) is 6.92 Å². The Labute approximate surface area is 101 Å². The van der Waals surface area contributed by atoms with Crippen LogP contribution in [0.15, 0.2) is 12.1 Å². The molecule has 0 radical (unpaired) electrons. The number of carboxylic acid groups (broad SMARTS) is 1. The van der Waals surface area contributed by atoms with Gasteiger partial charge in [-0.15, -0.1) is 11.3 Å². The number of rotatable bonds is 5. The Hall–Kier alpha value is -0.870. The van der Waals surface area contributed by atoms with Gasteiger partial charge in [0.1, 0.15) is 6.04 Å². The number of hydrogen-bond acceptors (Lipinski definition) is 3. The van der Waals surface area contributed by atoms with Crippen LogP contribution in [0.5, 0.6) is 0 Å². The first kappa shape index (κ1) is 13.2. The van der Waals surface area contributed by atoms with E-state index in [0.717, 1.165) is 0 Å². The Morgan fingerprint density at radius 1 is 1.56 bits per heavy atom. The normalized spacial score (nSPS) is 15.1. The number of aryl methyl sites for hydroxylation is 1. The van der Waals surface area contributed by atoms with Crippen LogP contribution in [-0.2, 0) is 4.79 Å². The van der Waals surface area contributed by atoms with E-state index in [1.54, 1.807) is 11.3 Å². The standard InChI is InChI=1S/C12H19NO2S/c1-5-10(12(14)15)13(4)9(3)11-7-6-8(2)16-11/h6-7,9-10H,5H2,1-4H3,(H,14,15). The Morgan fingerprint density at radius 2 is 2.19 bits per heavy atom. The van der Waals surface area contributed by atoms with E-state index in [2.05, 4.69) is 26.0 Å². The SMILES string of the molecule is CCC(C(=O)O)N(C)C(C)c1ccc(C)s1. The lowest BCUT2D eigenvalue weighted by atomic mass is 10.1. The van der Waals surface area contributed by atoms with Crippen molar-refractivity contribution in [1.82, 2.24) is 4.90 Å². The molecule has 0 aliphatic carbocycles. The second-order valence-electron chi connectivity index (χ2n) is 4.05. The lowest BCUT2D eigenvalue weighted by molar-refractivity contribution is -0.143. The average Bonchev–Trinajstić information content (AvgIpc) is 2.64. The van der Waals surface area contributed by atoms with Crippen LogP contribution < -0.4 is 0 Å². The molecule has 16 heavy (non-hydrogen) atoms. The van der Waals surface area contributed by atoms with Crippen LogP contribution in [0.4, 0.5) is 0 Å². The summed E-state index contributed by atoms with van der Waals surface area (Å²) in [6, 6.07) is 3.90. The summed E-state index contributed by atoms with van der Waals surface area (Å²) in [7, 11) is 1.88. The van der Waals surface area contributed by atoms with Crippen molar-refractivity contribution >= 4 is 17.3 Å². The molecule has 0 saturated carbocycles. The molecule has 0 fully saturated rings. The highest BCUT2D eigenvalue weighted by Crippen LogP contribution is 2.28. The Bertz CT molecular complexity index is 362. The van der Waals surface area contributed by atoms with Gasteiger partial charge >= 0.3 is 5.97 Å². The third-order valence-electron chi connectivity index (χ3n) is 2.95. The van der Waals surface area contributed by atoms with Crippen molar-refractivity contribution in [3.05, 3.63) is 21.9 Å². The van der Waals surface area contributed by atoms with E-state index in [1.807, 2.05) is 18.9 Å². The second-order valence-corrected chi connectivity index (χ2v) is 5.37. The van der Waals surface area contributed by atoms with Crippen LogP contribution in [0, 0.1) is 6.92 Å². The van der Waals surface area contributed by atoms with Crippen molar-refractivity contribution < 1.29 is 9.90 Å². The van der Waals surface area contributed by atoms with Gasteiger partial charge in [-0.25, -0.2) is 0 Å². The van der Waals surface area contributed by atoms with Gasteiger partial charge in [-0.3, -0.25) is 9.69 Å². The van der Waals surface area contributed by atoms with E-state index < -0.39 is 12.0 Å². The molecule has 0 aromatic carbocycles. The van der Waals surface area contributed by atoms with Crippen molar-refractivity contribution in [3.8, 4) is 0 Å². The van der Waals surface area contributed by atoms with Crippen molar-refractivity contribution in [2.75, 3.05) is 7.05 Å². The zero-order valence-electron chi connectivity index (χ0n) is 10.2. The minimum Gasteiger partial charge on any atom is -0.480 e. The highest BCUT2D eigenvalue weighted by Gasteiger charge is 2.25. The monoisotopic (exact) mass is 241 g/mol. The first-order chi connectivity index (χ1) is 7.47. The molecule has 0 amide bonds. The van der Waals surface area contributed by atoms with Gasteiger partial charge in [-0.05, 0) is 39.4 Å². The maximum Gasteiger partial charge on any atom is 0.320 e. The number of thiophene rings is 1. The minimum absolute atomic E-state index is 0.153. The van der Waals surface area contributed by atoms with Crippen molar-refractivity contribution in [1.29, 1.82) is 0 Å². The molecule has 0 bridgehead atoms. The summed E-state index contributed by atoms with van der Waals surface area (Å²) >= 11 is 1.73. The van der Waals surface area contributed by atoms with Gasteiger partial charge in [0.15, 0.2) is 0 Å². The second kappa shape index (κ2) is 5.46. The molecule has 90 valence electrons. The third-order valence-corrected chi connectivity index (χ3v) is 4.12. The largest absolute Gasteiger partial charge is 0.480 e. The van der Waals surface area contributed by atoms with E-state index in [1.165, 1.54) is 9.75 Å². The van der Waals surface area contributed by atoms with Gasteiger partial charge in [0, 0.05) is 15.8 Å². The molecule has 4 heteroatoms. The molecular weight excluding hydrogens is 222 g/mol. The molecule has 1 aromatic heterocycles. The molecular formula is C12H19NO2S. The number of aliphatic carboxylic acids is 1. The fourth-order valence-electron chi connectivity index (χ4n) is 1.79. The Kier molecular flexibility index (Phi) is 4.50. The number of carbonyl (C=O) groups is 1. The summed E-state index contributed by atoms with van der Waals surface area (Å²) in [6.45, 7) is 6.02. The lowest BCUT2D eigenvalue weighted by Gasteiger charge is -2.29. The summed E-state index contributed by atoms with van der Waals surface area (Å²) in [5.41, 5.74) is 0. The predicted octanol–water partition coefficient (Wildman–Crippen LogP) is 2.91. The Morgan fingerprint density at radius 3 is 2.56 bits per heavy atom. The van der Waals surface area contributed by atoms with Gasteiger partial charge in [0.05, 0.1) is 0 Å². The highest BCUT2D eigenvalue weighted by atomic mass is 32.1. The maximum atomic E-state index is 11.1. The first-order valence-corrected chi connectivity index (χ1v) is 6.30. The van der Waals surface area contributed by atoms with Crippen LogP contribution >= 0.6 is 11.3 Å². The van der Waals surface area contributed by atoms with Crippen LogP contribution in [0.2, 0.25) is 0 Å². The van der Waals surface area contributed by atoms with Gasteiger partial charge in [-0.2, -0.15) is 0 Å². The van der Waals surface area contributed by atoms with Crippen LogP contribution in [0.3, 0.4) is 0 Å². The number of nitrogens with zero attached hydrogens (tertiary/aromatic N) is 1. The molecule has 0 saturated heterocycles. The number of carboxylic acids is 1. The van der Waals surface area contributed by atoms with Gasteiger partial charge in [0.25, 0.3) is 0 Å². The number of likely N-dealkylation sites (N-methyl/N-ethyl adjacent to an activating group) is 1. The molecule has 2 atom stereocenters. The molecule has 1 rings (SSSR count). The molecule has 1 aromatic rings. The topological polar surface area (TPSA) is 40.5 Å².